The molecule has 126 valence electrons. The Morgan fingerprint density at radius 2 is 2.21 bits per heavy atom. The molecule has 0 bridgehead atoms. The zero-order valence-corrected chi connectivity index (χ0v) is 13.7. The zero-order valence-electron chi connectivity index (χ0n) is 13.7. The molecule has 2 amide bonds. The molecule has 2 aromatic heterocycles. The fraction of sp³-hybridized carbons (Fsp3) is 0.353. The third kappa shape index (κ3) is 3.80. The molecule has 7 heteroatoms. The van der Waals surface area contributed by atoms with Crippen molar-refractivity contribution in [2.24, 2.45) is 0 Å². The molecular weight excluding hydrogens is 308 g/mol. The van der Waals surface area contributed by atoms with E-state index in [-0.39, 0.29) is 18.2 Å². The van der Waals surface area contributed by atoms with Gasteiger partial charge in [-0.3, -0.25) is 5.32 Å². The molecule has 0 radical (unpaired) electrons. The summed E-state index contributed by atoms with van der Waals surface area (Å²) < 4.78 is 10.8. The van der Waals surface area contributed by atoms with Gasteiger partial charge in [-0.1, -0.05) is 0 Å². The minimum atomic E-state index is -0.296. The number of rotatable bonds is 4. The van der Waals surface area contributed by atoms with Gasteiger partial charge in [0.05, 0.1) is 13.2 Å². The Hall–Kier alpha value is -2.67. The maximum absolute atomic E-state index is 12.2. The van der Waals surface area contributed by atoms with Crippen LogP contribution >= 0.6 is 0 Å². The van der Waals surface area contributed by atoms with Gasteiger partial charge in [0.1, 0.15) is 11.9 Å². The van der Waals surface area contributed by atoms with Crippen molar-refractivity contribution in [1.29, 1.82) is 0 Å². The quantitative estimate of drug-likeness (QED) is 0.900. The topological polar surface area (TPSA) is 85.4 Å². The van der Waals surface area contributed by atoms with Gasteiger partial charge in [-0.25, -0.2) is 14.8 Å². The highest BCUT2D eigenvalue weighted by molar-refractivity contribution is 5.88. The van der Waals surface area contributed by atoms with E-state index in [1.54, 1.807) is 25.6 Å². The Morgan fingerprint density at radius 3 is 2.92 bits per heavy atom. The van der Waals surface area contributed by atoms with Crippen LogP contribution in [0.2, 0.25) is 0 Å². The summed E-state index contributed by atoms with van der Waals surface area (Å²) in [7, 11) is 1.57. The van der Waals surface area contributed by atoms with Gasteiger partial charge in [0, 0.05) is 30.6 Å². The van der Waals surface area contributed by atoms with E-state index in [1.807, 2.05) is 25.1 Å². The van der Waals surface area contributed by atoms with Gasteiger partial charge in [0.15, 0.2) is 0 Å². The average molecular weight is 328 g/mol. The largest absolute Gasteiger partial charge is 0.481 e. The highest BCUT2D eigenvalue weighted by Crippen LogP contribution is 2.29. The Bertz CT molecular complexity index is 705. The molecule has 3 rings (SSSR count). The molecule has 2 N–H and O–H groups in total. The van der Waals surface area contributed by atoms with E-state index in [9.17, 15) is 4.79 Å². The highest BCUT2D eigenvalue weighted by Gasteiger charge is 2.31. The van der Waals surface area contributed by atoms with Gasteiger partial charge in [-0.05, 0) is 37.1 Å². The van der Waals surface area contributed by atoms with Crippen molar-refractivity contribution in [3.05, 3.63) is 47.8 Å². The highest BCUT2D eigenvalue weighted by atomic mass is 16.5. The van der Waals surface area contributed by atoms with Gasteiger partial charge < -0.3 is 14.8 Å². The van der Waals surface area contributed by atoms with Gasteiger partial charge in [-0.15, -0.1) is 0 Å². The van der Waals surface area contributed by atoms with Gasteiger partial charge in [0.25, 0.3) is 0 Å². The zero-order chi connectivity index (χ0) is 16.9. The van der Waals surface area contributed by atoms with Crippen molar-refractivity contribution in [2.45, 2.75) is 25.5 Å². The summed E-state index contributed by atoms with van der Waals surface area (Å²) in [6, 6.07) is 6.96. The second-order valence-corrected chi connectivity index (χ2v) is 5.64. The molecule has 1 aliphatic rings. The van der Waals surface area contributed by atoms with Crippen LogP contribution in [0.3, 0.4) is 0 Å². The van der Waals surface area contributed by atoms with Crippen LogP contribution in [-0.2, 0) is 4.74 Å². The van der Waals surface area contributed by atoms with Crippen LogP contribution in [0.25, 0.3) is 0 Å². The van der Waals surface area contributed by atoms with E-state index in [1.165, 1.54) is 0 Å². The lowest BCUT2D eigenvalue weighted by Crippen LogP contribution is -2.39. The molecule has 1 fully saturated rings. The van der Waals surface area contributed by atoms with Crippen LogP contribution in [0, 0.1) is 6.92 Å². The smallest absolute Gasteiger partial charge is 0.320 e. The lowest BCUT2D eigenvalue weighted by atomic mass is 10.0. The molecule has 7 nitrogen and oxygen atoms in total. The molecule has 0 saturated carbocycles. The van der Waals surface area contributed by atoms with Crippen LogP contribution in [0.5, 0.6) is 5.88 Å². The number of anilines is 1. The average Bonchev–Trinajstić information content (AvgIpc) is 3.03. The van der Waals surface area contributed by atoms with Crippen molar-refractivity contribution >= 4 is 11.8 Å². The maximum atomic E-state index is 12.2. The standard InChI is InChI=1S/C17H20N4O3/c1-11-5-7-18-14(9-11)21-17(22)20-13-6-8-24-16(13)12-3-4-15(23-2)19-10-12/h3-5,7,9-10,13,16H,6,8H2,1-2H3,(H2,18,20,21,22)/t13-,16+/m0/s1. The third-order valence-electron chi connectivity index (χ3n) is 3.86. The van der Waals surface area contributed by atoms with Crippen molar-refractivity contribution in [2.75, 3.05) is 19.0 Å². The number of hydrogen-bond acceptors (Lipinski definition) is 5. The minimum Gasteiger partial charge on any atom is -0.481 e. The summed E-state index contributed by atoms with van der Waals surface area (Å²) in [6.45, 7) is 2.53. The van der Waals surface area contributed by atoms with Crippen LogP contribution in [-0.4, -0.2) is 35.8 Å². The van der Waals surface area contributed by atoms with Crippen molar-refractivity contribution in [3.8, 4) is 5.88 Å². The fourth-order valence-electron chi connectivity index (χ4n) is 2.67. The summed E-state index contributed by atoms with van der Waals surface area (Å²) in [6.07, 6.45) is 3.89. The molecule has 0 unspecified atom stereocenters. The second-order valence-electron chi connectivity index (χ2n) is 5.64. The van der Waals surface area contributed by atoms with E-state index < -0.39 is 0 Å². The molecule has 3 heterocycles. The number of ether oxygens (including phenoxy) is 2. The Balaban J connectivity index is 1.63. The summed E-state index contributed by atoms with van der Waals surface area (Å²) in [5.74, 6) is 1.07. The maximum Gasteiger partial charge on any atom is 0.320 e. The number of nitrogens with zero attached hydrogens (tertiary/aromatic N) is 2. The normalized spacial score (nSPS) is 19.8. The van der Waals surface area contributed by atoms with Crippen LogP contribution in [0.15, 0.2) is 36.7 Å². The number of hydrogen-bond donors (Lipinski definition) is 2. The van der Waals surface area contributed by atoms with Crippen molar-refractivity contribution < 1.29 is 14.3 Å². The SMILES string of the molecule is COc1ccc([C@H]2OCC[C@@H]2NC(=O)Nc2cc(C)ccn2)cn1. The predicted octanol–water partition coefficient (Wildman–Crippen LogP) is 2.45. The molecule has 1 saturated heterocycles. The number of urea groups is 1. The van der Waals surface area contributed by atoms with E-state index in [4.69, 9.17) is 9.47 Å². The number of nitrogens with one attached hydrogen (secondary N) is 2. The molecule has 24 heavy (non-hydrogen) atoms. The second kappa shape index (κ2) is 7.27. The first-order chi connectivity index (χ1) is 11.7. The summed E-state index contributed by atoms with van der Waals surface area (Å²) in [5, 5.41) is 5.70. The van der Waals surface area contributed by atoms with Crippen molar-refractivity contribution in [3.63, 3.8) is 0 Å². The Morgan fingerprint density at radius 1 is 1.33 bits per heavy atom. The van der Waals surface area contributed by atoms with Crippen LogP contribution < -0.4 is 15.4 Å². The molecule has 0 aromatic carbocycles. The molecular formula is C17H20N4O3. The summed E-state index contributed by atoms with van der Waals surface area (Å²) >= 11 is 0. The van der Waals surface area contributed by atoms with E-state index in [0.717, 1.165) is 17.5 Å². The first-order valence-corrected chi connectivity index (χ1v) is 7.77. The van der Waals surface area contributed by atoms with Gasteiger partial charge >= 0.3 is 6.03 Å². The number of carbonyl (C=O) groups is 1. The molecule has 0 spiro atoms. The van der Waals surface area contributed by atoms with Crippen molar-refractivity contribution in [1.82, 2.24) is 15.3 Å². The fourth-order valence-corrected chi connectivity index (χ4v) is 2.67. The number of aromatic nitrogens is 2. The number of pyridine rings is 2. The Kier molecular flexibility index (Phi) is 4.90. The first kappa shape index (κ1) is 16.2. The molecule has 1 aliphatic heterocycles. The first-order valence-electron chi connectivity index (χ1n) is 7.77. The number of methoxy groups -OCH3 is 1. The van der Waals surface area contributed by atoms with Gasteiger partial charge in [0.2, 0.25) is 5.88 Å². The van der Waals surface area contributed by atoms with Gasteiger partial charge in [-0.2, -0.15) is 0 Å². The predicted molar refractivity (Wildman–Crippen MR) is 89.0 cm³/mol. The Labute approximate surface area is 140 Å². The third-order valence-corrected chi connectivity index (χ3v) is 3.86. The van der Waals surface area contributed by atoms with Crippen LogP contribution in [0.4, 0.5) is 10.6 Å². The summed E-state index contributed by atoms with van der Waals surface area (Å²) in [5.41, 5.74) is 1.94. The number of amides is 2. The number of aryl methyl sites for hydroxylation is 1. The summed E-state index contributed by atoms with van der Waals surface area (Å²) in [4.78, 5) is 20.5. The molecule has 2 atom stereocenters. The minimum absolute atomic E-state index is 0.120. The molecule has 2 aromatic rings. The van der Waals surface area contributed by atoms with E-state index in [2.05, 4.69) is 20.6 Å². The van der Waals surface area contributed by atoms with E-state index >= 15 is 0 Å². The molecule has 0 aliphatic carbocycles. The number of carbonyl (C=O) groups excluding carboxylic acids is 1. The lowest BCUT2D eigenvalue weighted by Gasteiger charge is -2.20. The monoisotopic (exact) mass is 328 g/mol. The lowest BCUT2D eigenvalue weighted by molar-refractivity contribution is 0.100. The van der Waals surface area contributed by atoms with Crippen LogP contribution in [0.1, 0.15) is 23.7 Å². The van der Waals surface area contributed by atoms with E-state index in [0.29, 0.717) is 18.3 Å².